The van der Waals surface area contributed by atoms with Gasteiger partial charge in [-0.2, -0.15) is 5.10 Å². The number of sulfonamides is 1. The van der Waals surface area contributed by atoms with Gasteiger partial charge in [0.05, 0.1) is 16.3 Å². The quantitative estimate of drug-likeness (QED) is 0.378. The maximum Gasteiger partial charge on any atom is 0.264 e. The van der Waals surface area contributed by atoms with Crippen LogP contribution in [0.2, 0.25) is 0 Å². The molecule has 0 heterocycles. The maximum absolute atomic E-state index is 13.2. The average Bonchev–Trinajstić information content (AvgIpc) is 2.77. The van der Waals surface area contributed by atoms with Crippen LogP contribution in [0, 0.1) is 0 Å². The van der Waals surface area contributed by atoms with E-state index in [0.29, 0.717) is 17.0 Å². The molecule has 0 saturated carbocycles. The van der Waals surface area contributed by atoms with Gasteiger partial charge in [0, 0.05) is 10.0 Å². The average molecular weight is 502 g/mol. The summed E-state index contributed by atoms with van der Waals surface area (Å²) in [6.07, 6.45) is 0. The molecule has 0 aromatic heterocycles. The summed E-state index contributed by atoms with van der Waals surface area (Å²) >= 11 is 3.32. The fraction of sp³-hybridized carbons (Fsp3) is 0.0909. The van der Waals surface area contributed by atoms with E-state index in [2.05, 4.69) is 26.5 Å². The first kappa shape index (κ1) is 22.5. The van der Waals surface area contributed by atoms with Crippen molar-refractivity contribution in [1.29, 1.82) is 0 Å². The molecule has 7 nitrogen and oxygen atoms in total. The monoisotopic (exact) mass is 501 g/mol. The molecule has 0 aliphatic rings. The van der Waals surface area contributed by atoms with Crippen molar-refractivity contribution >= 4 is 43.3 Å². The minimum Gasteiger partial charge on any atom is -0.507 e. The predicted octanol–water partition coefficient (Wildman–Crippen LogP) is 3.89. The van der Waals surface area contributed by atoms with Gasteiger partial charge in [0.15, 0.2) is 0 Å². The number of carbonyl (C=O) groups excluding carboxylic acids is 1. The lowest BCUT2D eigenvalue weighted by Crippen LogP contribution is -2.39. The van der Waals surface area contributed by atoms with Crippen LogP contribution in [0.5, 0.6) is 5.75 Å². The highest BCUT2D eigenvalue weighted by atomic mass is 79.9. The number of halogens is 1. The van der Waals surface area contributed by atoms with Crippen LogP contribution in [0.3, 0.4) is 0 Å². The Morgan fingerprint density at radius 3 is 2.26 bits per heavy atom. The first-order valence-corrected chi connectivity index (χ1v) is 11.5. The molecular formula is C22H20BrN3O4S. The Morgan fingerprint density at radius 1 is 1.00 bits per heavy atom. The molecule has 1 amide bonds. The van der Waals surface area contributed by atoms with E-state index < -0.39 is 22.5 Å². The molecule has 0 unspecified atom stereocenters. The van der Waals surface area contributed by atoms with Crippen molar-refractivity contribution in [3.05, 3.63) is 88.9 Å². The van der Waals surface area contributed by atoms with Crippen LogP contribution in [0.25, 0.3) is 0 Å². The number of hydrogen-bond acceptors (Lipinski definition) is 5. The Kier molecular flexibility index (Phi) is 7.09. The zero-order valence-electron chi connectivity index (χ0n) is 16.6. The summed E-state index contributed by atoms with van der Waals surface area (Å²) < 4.78 is 28.2. The molecule has 0 bridgehead atoms. The Labute approximate surface area is 189 Å². The summed E-state index contributed by atoms with van der Waals surface area (Å²) in [6.45, 7) is 1.15. The van der Waals surface area contributed by atoms with Crippen LogP contribution in [-0.2, 0) is 14.8 Å². The minimum atomic E-state index is -3.99. The van der Waals surface area contributed by atoms with Gasteiger partial charge in [0.25, 0.3) is 15.9 Å². The number of phenolic OH excluding ortho intramolecular Hbond substituents is 1. The van der Waals surface area contributed by atoms with Crippen molar-refractivity contribution < 1.29 is 18.3 Å². The molecule has 31 heavy (non-hydrogen) atoms. The molecule has 0 aliphatic carbocycles. The third-order valence-electron chi connectivity index (χ3n) is 4.38. The molecule has 9 heteroatoms. The van der Waals surface area contributed by atoms with E-state index in [1.807, 2.05) is 0 Å². The largest absolute Gasteiger partial charge is 0.507 e. The van der Waals surface area contributed by atoms with Crippen LogP contribution in [0.4, 0.5) is 5.69 Å². The van der Waals surface area contributed by atoms with Gasteiger partial charge in [0.1, 0.15) is 12.3 Å². The lowest BCUT2D eigenvalue weighted by molar-refractivity contribution is -0.119. The summed E-state index contributed by atoms with van der Waals surface area (Å²) in [7, 11) is -3.99. The number of rotatable bonds is 7. The van der Waals surface area contributed by atoms with Crippen LogP contribution >= 0.6 is 15.9 Å². The van der Waals surface area contributed by atoms with E-state index in [-0.39, 0.29) is 10.6 Å². The van der Waals surface area contributed by atoms with Gasteiger partial charge >= 0.3 is 0 Å². The van der Waals surface area contributed by atoms with Gasteiger partial charge in [-0.25, -0.2) is 13.8 Å². The van der Waals surface area contributed by atoms with Crippen molar-refractivity contribution in [2.75, 3.05) is 10.8 Å². The SMILES string of the molecule is C/C(=N\NC(=O)CN(c1ccc(Br)cc1)S(=O)(=O)c1ccccc1)c1ccccc1O. The number of hydrazone groups is 1. The van der Waals surface area contributed by atoms with Crippen molar-refractivity contribution in [2.45, 2.75) is 11.8 Å². The molecule has 0 radical (unpaired) electrons. The number of nitrogens with zero attached hydrogens (tertiary/aromatic N) is 2. The van der Waals surface area contributed by atoms with Gasteiger partial charge in [-0.15, -0.1) is 0 Å². The number of benzene rings is 3. The third kappa shape index (κ3) is 5.50. The lowest BCUT2D eigenvalue weighted by Gasteiger charge is -2.23. The molecule has 0 spiro atoms. The van der Waals surface area contributed by atoms with Crippen molar-refractivity contribution in [3.63, 3.8) is 0 Å². The summed E-state index contributed by atoms with van der Waals surface area (Å²) in [5.74, 6) is -0.599. The van der Waals surface area contributed by atoms with Crippen molar-refractivity contribution in [2.24, 2.45) is 5.10 Å². The van der Waals surface area contributed by atoms with Crippen LogP contribution < -0.4 is 9.73 Å². The van der Waals surface area contributed by atoms with Gasteiger partial charge < -0.3 is 5.11 Å². The van der Waals surface area contributed by atoms with Crippen LogP contribution in [0.1, 0.15) is 12.5 Å². The number of anilines is 1. The van der Waals surface area contributed by atoms with E-state index in [0.717, 1.165) is 8.78 Å². The Hall–Kier alpha value is -3.17. The van der Waals surface area contributed by atoms with Crippen LogP contribution in [0.15, 0.2) is 93.3 Å². The second-order valence-electron chi connectivity index (χ2n) is 6.55. The fourth-order valence-electron chi connectivity index (χ4n) is 2.79. The van der Waals surface area contributed by atoms with E-state index in [4.69, 9.17) is 0 Å². The fourth-order valence-corrected chi connectivity index (χ4v) is 4.50. The van der Waals surface area contributed by atoms with Gasteiger partial charge in [-0.1, -0.05) is 46.3 Å². The molecule has 3 rings (SSSR count). The van der Waals surface area contributed by atoms with E-state index in [1.54, 1.807) is 67.6 Å². The van der Waals surface area contributed by atoms with Gasteiger partial charge in [0.2, 0.25) is 0 Å². The highest BCUT2D eigenvalue weighted by Crippen LogP contribution is 2.25. The lowest BCUT2D eigenvalue weighted by atomic mass is 10.1. The van der Waals surface area contributed by atoms with E-state index in [9.17, 15) is 18.3 Å². The second kappa shape index (κ2) is 9.76. The number of phenols is 1. The smallest absolute Gasteiger partial charge is 0.264 e. The second-order valence-corrected chi connectivity index (χ2v) is 9.33. The number of nitrogens with one attached hydrogen (secondary N) is 1. The first-order chi connectivity index (χ1) is 14.8. The Morgan fingerprint density at radius 2 is 1.61 bits per heavy atom. The summed E-state index contributed by atoms with van der Waals surface area (Å²) in [5.41, 5.74) is 3.55. The standard InChI is InChI=1S/C22H20BrN3O4S/c1-16(20-9-5-6-10-21(20)27)24-25-22(28)15-26(18-13-11-17(23)12-14-18)31(29,30)19-7-3-2-4-8-19/h2-14,27H,15H2,1H3,(H,25,28)/b24-16+. The molecule has 0 atom stereocenters. The molecular weight excluding hydrogens is 482 g/mol. The number of para-hydroxylation sites is 1. The van der Waals surface area contributed by atoms with E-state index in [1.165, 1.54) is 18.2 Å². The highest BCUT2D eigenvalue weighted by molar-refractivity contribution is 9.10. The third-order valence-corrected chi connectivity index (χ3v) is 6.69. The Bertz CT molecular complexity index is 1200. The number of carbonyl (C=O) groups is 1. The molecule has 3 aromatic carbocycles. The molecule has 0 aliphatic heterocycles. The number of hydrogen-bond donors (Lipinski definition) is 2. The minimum absolute atomic E-state index is 0.0288. The zero-order chi connectivity index (χ0) is 22.4. The molecule has 0 saturated heterocycles. The molecule has 160 valence electrons. The first-order valence-electron chi connectivity index (χ1n) is 9.24. The Balaban J connectivity index is 1.87. The predicted molar refractivity (Wildman–Crippen MR) is 124 cm³/mol. The number of aromatic hydroxyl groups is 1. The van der Waals surface area contributed by atoms with Gasteiger partial charge in [-0.3, -0.25) is 9.10 Å². The zero-order valence-corrected chi connectivity index (χ0v) is 19.0. The van der Waals surface area contributed by atoms with Crippen LogP contribution in [-0.4, -0.2) is 31.7 Å². The summed E-state index contributed by atoms with van der Waals surface area (Å²) in [5, 5.41) is 13.9. The highest BCUT2D eigenvalue weighted by Gasteiger charge is 2.27. The molecule has 0 fully saturated rings. The summed E-state index contributed by atoms with van der Waals surface area (Å²) in [6, 6.07) is 21.1. The maximum atomic E-state index is 13.2. The molecule has 2 N–H and O–H groups in total. The summed E-state index contributed by atoms with van der Waals surface area (Å²) in [4.78, 5) is 12.7. The van der Waals surface area contributed by atoms with Crippen molar-refractivity contribution in [3.8, 4) is 5.75 Å². The normalized spacial score (nSPS) is 11.7. The van der Waals surface area contributed by atoms with Crippen molar-refractivity contribution in [1.82, 2.24) is 5.43 Å². The topological polar surface area (TPSA) is 99.1 Å². The molecule has 3 aromatic rings. The van der Waals surface area contributed by atoms with Gasteiger partial charge in [-0.05, 0) is 55.5 Å². The van der Waals surface area contributed by atoms with E-state index >= 15 is 0 Å². The number of amides is 1.